The number of amides is 3. The molecule has 0 bridgehead atoms. The number of rotatable bonds is 5. The summed E-state index contributed by atoms with van der Waals surface area (Å²) < 4.78 is 42.6. The van der Waals surface area contributed by atoms with Crippen LogP contribution in [0.25, 0.3) is 0 Å². The summed E-state index contributed by atoms with van der Waals surface area (Å²) in [5.41, 5.74) is 0.995. The van der Waals surface area contributed by atoms with Gasteiger partial charge in [-0.15, -0.1) is 0 Å². The van der Waals surface area contributed by atoms with Crippen molar-refractivity contribution in [2.75, 3.05) is 31.7 Å². The Kier molecular flexibility index (Phi) is 7.67. The van der Waals surface area contributed by atoms with Crippen LogP contribution in [0.5, 0.6) is 0 Å². The SMILES string of the molecule is CN(C(=O)CC1COCCN1C(=O)c1ccccc1)c1ccc(C(=N)NC(=O)C(F)(F)F)cc1. The van der Waals surface area contributed by atoms with E-state index in [1.165, 1.54) is 41.5 Å². The maximum atomic E-state index is 12.9. The summed E-state index contributed by atoms with van der Waals surface area (Å²) in [5, 5.41) is 9.12. The lowest BCUT2D eigenvalue weighted by molar-refractivity contribution is -0.171. The van der Waals surface area contributed by atoms with Gasteiger partial charge >= 0.3 is 12.1 Å². The van der Waals surface area contributed by atoms with Crippen molar-refractivity contribution in [1.29, 1.82) is 5.41 Å². The van der Waals surface area contributed by atoms with Crippen LogP contribution in [-0.2, 0) is 14.3 Å². The third-order valence-corrected chi connectivity index (χ3v) is 5.33. The monoisotopic (exact) mass is 476 g/mol. The number of halogens is 3. The van der Waals surface area contributed by atoms with Crippen LogP contribution in [-0.4, -0.2) is 67.5 Å². The Bertz CT molecular complexity index is 1060. The molecule has 3 rings (SSSR count). The molecule has 0 aliphatic carbocycles. The number of nitrogens with zero attached hydrogens (tertiary/aromatic N) is 2. The first kappa shape index (κ1) is 24.9. The fourth-order valence-corrected chi connectivity index (χ4v) is 3.43. The van der Waals surface area contributed by atoms with Crippen LogP contribution >= 0.6 is 0 Å². The number of benzene rings is 2. The van der Waals surface area contributed by atoms with E-state index in [0.717, 1.165) is 0 Å². The van der Waals surface area contributed by atoms with Gasteiger partial charge in [-0.3, -0.25) is 19.8 Å². The van der Waals surface area contributed by atoms with Gasteiger partial charge in [0, 0.05) is 36.8 Å². The molecular weight excluding hydrogens is 453 g/mol. The minimum absolute atomic E-state index is 0.00822. The molecule has 1 aliphatic heterocycles. The molecule has 11 heteroatoms. The van der Waals surface area contributed by atoms with Crippen molar-refractivity contribution >= 4 is 29.2 Å². The molecule has 2 aromatic carbocycles. The molecule has 2 N–H and O–H groups in total. The molecule has 1 atom stereocenters. The number of carbonyl (C=O) groups excluding carboxylic acids is 3. The summed E-state index contributed by atoms with van der Waals surface area (Å²) in [5.74, 6) is -3.43. The van der Waals surface area contributed by atoms with E-state index >= 15 is 0 Å². The Morgan fingerprint density at radius 1 is 1.09 bits per heavy atom. The lowest BCUT2D eigenvalue weighted by Crippen LogP contribution is -2.50. The summed E-state index contributed by atoms with van der Waals surface area (Å²) in [6, 6.07) is 13.8. The van der Waals surface area contributed by atoms with Crippen LogP contribution < -0.4 is 10.2 Å². The average molecular weight is 476 g/mol. The quantitative estimate of drug-likeness (QED) is 0.512. The molecule has 0 saturated carbocycles. The minimum Gasteiger partial charge on any atom is -0.377 e. The normalized spacial score (nSPS) is 16.0. The average Bonchev–Trinajstić information content (AvgIpc) is 2.83. The summed E-state index contributed by atoms with van der Waals surface area (Å²) in [6.45, 7) is 0.945. The highest BCUT2D eigenvalue weighted by molar-refractivity contribution is 6.07. The molecule has 34 heavy (non-hydrogen) atoms. The number of alkyl halides is 3. The molecule has 180 valence electrons. The van der Waals surface area contributed by atoms with Crippen LogP contribution in [0.4, 0.5) is 18.9 Å². The Labute approximate surface area is 193 Å². The number of hydrogen-bond acceptors (Lipinski definition) is 5. The largest absolute Gasteiger partial charge is 0.471 e. The second-order valence-electron chi connectivity index (χ2n) is 7.62. The lowest BCUT2D eigenvalue weighted by atomic mass is 10.1. The van der Waals surface area contributed by atoms with Crippen LogP contribution in [0.3, 0.4) is 0 Å². The van der Waals surface area contributed by atoms with E-state index in [-0.39, 0.29) is 30.4 Å². The third kappa shape index (κ3) is 5.98. The summed E-state index contributed by atoms with van der Waals surface area (Å²) in [6.07, 6.45) is -5.09. The standard InChI is InChI=1S/C23H23F3N4O4/c1-29(17-9-7-15(8-10-17)20(27)28-22(33)23(24,25)26)19(31)13-18-14-34-12-11-30(18)21(32)16-5-3-2-4-6-16/h2-10,18H,11-14H2,1H3,(H2,27,28,33). The maximum absolute atomic E-state index is 12.9. The van der Waals surface area contributed by atoms with Crippen molar-refractivity contribution in [2.24, 2.45) is 0 Å². The molecular formula is C23H23F3N4O4. The van der Waals surface area contributed by atoms with Crippen molar-refractivity contribution in [3.8, 4) is 0 Å². The van der Waals surface area contributed by atoms with E-state index in [9.17, 15) is 27.6 Å². The van der Waals surface area contributed by atoms with Gasteiger partial charge in [0.2, 0.25) is 5.91 Å². The smallest absolute Gasteiger partial charge is 0.377 e. The topological polar surface area (TPSA) is 103 Å². The van der Waals surface area contributed by atoms with Crippen LogP contribution in [0, 0.1) is 5.41 Å². The van der Waals surface area contributed by atoms with Gasteiger partial charge in [0.25, 0.3) is 5.91 Å². The van der Waals surface area contributed by atoms with Gasteiger partial charge in [-0.2, -0.15) is 13.2 Å². The molecule has 1 heterocycles. The van der Waals surface area contributed by atoms with E-state index in [2.05, 4.69) is 0 Å². The van der Waals surface area contributed by atoms with Crippen LogP contribution in [0.2, 0.25) is 0 Å². The maximum Gasteiger partial charge on any atom is 0.471 e. The van der Waals surface area contributed by atoms with Gasteiger partial charge in [-0.05, 0) is 36.4 Å². The van der Waals surface area contributed by atoms with Crippen molar-refractivity contribution in [3.05, 3.63) is 65.7 Å². The van der Waals surface area contributed by atoms with Gasteiger partial charge in [0.05, 0.1) is 19.3 Å². The fourth-order valence-electron chi connectivity index (χ4n) is 3.43. The van der Waals surface area contributed by atoms with E-state index in [1.54, 1.807) is 29.2 Å². The Morgan fingerprint density at radius 3 is 2.35 bits per heavy atom. The second-order valence-corrected chi connectivity index (χ2v) is 7.62. The summed E-state index contributed by atoms with van der Waals surface area (Å²) >= 11 is 0. The molecule has 1 unspecified atom stereocenters. The number of nitrogens with one attached hydrogen (secondary N) is 2. The van der Waals surface area contributed by atoms with E-state index in [1.807, 2.05) is 6.07 Å². The molecule has 2 aromatic rings. The molecule has 3 amide bonds. The number of morpholine rings is 1. The number of amidine groups is 1. The van der Waals surface area contributed by atoms with E-state index < -0.39 is 24.0 Å². The van der Waals surface area contributed by atoms with Crippen molar-refractivity contribution in [3.63, 3.8) is 0 Å². The summed E-state index contributed by atoms with van der Waals surface area (Å²) in [4.78, 5) is 39.8. The van der Waals surface area contributed by atoms with Crippen LogP contribution in [0.15, 0.2) is 54.6 Å². The van der Waals surface area contributed by atoms with E-state index in [0.29, 0.717) is 24.4 Å². The zero-order chi connectivity index (χ0) is 24.9. The number of anilines is 1. The minimum atomic E-state index is -5.10. The van der Waals surface area contributed by atoms with Crippen molar-refractivity contribution in [1.82, 2.24) is 10.2 Å². The third-order valence-electron chi connectivity index (χ3n) is 5.33. The molecule has 1 aliphatic rings. The van der Waals surface area contributed by atoms with Gasteiger partial charge in [0.1, 0.15) is 5.84 Å². The fraction of sp³-hybridized carbons (Fsp3) is 0.304. The summed E-state index contributed by atoms with van der Waals surface area (Å²) in [7, 11) is 1.53. The Hall–Kier alpha value is -3.73. The zero-order valence-corrected chi connectivity index (χ0v) is 18.3. The zero-order valence-electron chi connectivity index (χ0n) is 18.3. The Balaban J connectivity index is 1.64. The highest BCUT2D eigenvalue weighted by Gasteiger charge is 2.39. The van der Waals surface area contributed by atoms with Crippen molar-refractivity contribution in [2.45, 2.75) is 18.6 Å². The molecule has 0 aromatic heterocycles. The lowest BCUT2D eigenvalue weighted by Gasteiger charge is -2.36. The van der Waals surface area contributed by atoms with Gasteiger partial charge in [0.15, 0.2) is 0 Å². The molecule has 8 nitrogen and oxygen atoms in total. The first-order valence-corrected chi connectivity index (χ1v) is 10.4. The predicted octanol–water partition coefficient (Wildman–Crippen LogP) is 2.58. The van der Waals surface area contributed by atoms with Gasteiger partial charge in [-0.25, -0.2) is 0 Å². The second kappa shape index (κ2) is 10.5. The molecule has 0 spiro atoms. The highest BCUT2D eigenvalue weighted by atomic mass is 19.4. The molecule has 0 radical (unpaired) electrons. The number of hydrogen-bond donors (Lipinski definition) is 2. The van der Waals surface area contributed by atoms with Gasteiger partial charge in [-0.1, -0.05) is 18.2 Å². The van der Waals surface area contributed by atoms with Crippen molar-refractivity contribution < 1.29 is 32.3 Å². The first-order valence-electron chi connectivity index (χ1n) is 10.4. The van der Waals surface area contributed by atoms with Crippen LogP contribution in [0.1, 0.15) is 22.3 Å². The number of ether oxygens (including phenoxy) is 1. The Morgan fingerprint density at radius 2 is 1.74 bits per heavy atom. The van der Waals surface area contributed by atoms with Gasteiger partial charge < -0.3 is 19.9 Å². The predicted molar refractivity (Wildman–Crippen MR) is 118 cm³/mol. The first-order chi connectivity index (χ1) is 16.1. The highest BCUT2D eigenvalue weighted by Crippen LogP contribution is 2.20. The molecule has 1 fully saturated rings. The number of carbonyl (C=O) groups is 3. The van der Waals surface area contributed by atoms with E-state index in [4.69, 9.17) is 10.1 Å². The molecule has 1 saturated heterocycles.